The Morgan fingerprint density at radius 1 is 1.22 bits per heavy atom. The lowest BCUT2D eigenvalue weighted by atomic mass is 9.95. The smallest absolute Gasteiger partial charge is 0.225 e. The fourth-order valence-corrected chi connectivity index (χ4v) is 3.08. The third-order valence-electron chi connectivity index (χ3n) is 4.57. The zero-order chi connectivity index (χ0) is 16.1. The van der Waals surface area contributed by atoms with Crippen molar-refractivity contribution in [3.05, 3.63) is 12.4 Å². The average Bonchev–Trinajstić information content (AvgIpc) is 2.63. The summed E-state index contributed by atoms with van der Waals surface area (Å²) < 4.78 is 10.4. The van der Waals surface area contributed by atoms with Gasteiger partial charge in [-0.25, -0.2) is 9.97 Å². The van der Waals surface area contributed by atoms with Gasteiger partial charge < -0.3 is 19.7 Å². The zero-order valence-corrected chi connectivity index (χ0v) is 13.5. The van der Waals surface area contributed by atoms with Crippen LogP contribution in [0.3, 0.4) is 0 Å². The number of ether oxygens (including phenoxy) is 2. The van der Waals surface area contributed by atoms with Crippen molar-refractivity contribution in [1.82, 2.24) is 15.3 Å². The van der Waals surface area contributed by atoms with E-state index in [0.717, 1.165) is 52.0 Å². The highest BCUT2D eigenvalue weighted by Gasteiger charge is 2.27. The SMILES string of the molecule is COc1cnc(N2CCC(C(=O)NC3CCOCC3)CC2)nc1. The van der Waals surface area contributed by atoms with Crippen molar-refractivity contribution in [2.75, 3.05) is 38.3 Å². The minimum absolute atomic E-state index is 0.0901. The second-order valence-electron chi connectivity index (χ2n) is 6.08. The molecule has 0 aromatic carbocycles. The number of methoxy groups -OCH3 is 1. The first-order valence-electron chi connectivity index (χ1n) is 8.25. The van der Waals surface area contributed by atoms with Crippen LogP contribution in [-0.4, -0.2) is 55.3 Å². The van der Waals surface area contributed by atoms with E-state index in [4.69, 9.17) is 9.47 Å². The Balaban J connectivity index is 1.48. The van der Waals surface area contributed by atoms with Crippen LogP contribution in [0.25, 0.3) is 0 Å². The summed E-state index contributed by atoms with van der Waals surface area (Å²) in [7, 11) is 1.60. The van der Waals surface area contributed by atoms with E-state index in [-0.39, 0.29) is 17.9 Å². The van der Waals surface area contributed by atoms with E-state index < -0.39 is 0 Å². The Hall–Kier alpha value is -1.89. The van der Waals surface area contributed by atoms with Gasteiger partial charge in [0.15, 0.2) is 5.75 Å². The van der Waals surface area contributed by atoms with Crippen LogP contribution < -0.4 is 15.0 Å². The predicted octanol–water partition coefficient (Wildman–Crippen LogP) is 0.997. The van der Waals surface area contributed by atoms with Gasteiger partial charge in [0.25, 0.3) is 0 Å². The standard InChI is InChI=1S/C16H24N4O3/c1-22-14-10-17-16(18-11-14)20-6-2-12(3-7-20)15(21)19-13-4-8-23-9-5-13/h10-13H,2-9H2,1H3,(H,19,21). The third-order valence-corrected chi connectivity index (χ3v) is 4.57. The first-order valence-corrected chi connectivity index (χ1v) is 8.25. The molecular weight excluding hydrogens is 296 g/mol. The molecule has 7 heteroatoms. The highest BCUT2D eigenvalue weighted by molar-refractivity contribution is 5.79. The molecule has 0 aliphatic carbocycles. The lowest BCUT2D eigenvalue weighted by Gasteiger charge is -2.32. The van der Waals surface area contributed by atoms with Gasteiger partial charge in [0.2, 0.25) is 11.9 Å². The van der Waals surface area contributed by atoms with E-state index in [2.05, 4.69) is 20.2 Å². The summed E-state index contributed by atoms with van der Waals surface area (Å²) in [5, 5.41) is 3.17. The van der Waals surface area contributed by atoms with Crippen LogP contribution in [0, 0.1) is 5.92 Å². The number of piperidine rings is 1. The molecule has 126 valence electrons. The minimum atomic E-state index is 0.0901. The van der Waals surface area contributed by atoms with Gasteiger partial charge in [0, 0.05) is 38.3 Å². The molecule has 0 bridgehead atoms. The first kappa shape index (κ1) is 16.0. The van der Waals surface area contributed by atoms with Gasteiger partial charge in [-0.05, 0) is 25.7 Å². The summed E-state index contributed by atoms with van der Waals surface area (Å²) in [6.07, 6.45) is 6.86. The molecule has 0 atom stereocenters. The molecule has 1 amide bonds. The van der Waals surface area contributed by atoms with Gasteiger partial charge in [0.1, 0.15) is 0 Å². The van der Waals surface area contributed by atoms with Crippen LogP contribution in [0.5, 0.6) is 5.75 Å². The van der Waals surface area contributed by atoms with Crippen molar-refractivity contribution in [3.8, 4) is 5.75 Å². The van der Waals surface area contributed by atoms with E-state index >= 15 is 0 Å². The van der Waals surface area contributed by atoms with Crippen molar-refractivity contribution in [1.29, 1.82) is 0 Å². The molecule has 0 spiro atoms. The number of rotatable bonds is 4. The second-order valence-corrected chi connectivity index (χ2v) is 6.08. The molecule has 1 aromatic rings. The lowest BCUT2D eigenvalue weighted by molar-refractivity contribution is -0.126. The highest BCUT2D eigenvalue weighted by atomic mass is 16.5. The van der Waals surface area contributed by atoms with Gasteiger partial charge in [0.05, 0.1) is 19.5 Å². The van der Waals surface area contributed by atoms with E-state index in [0.29, 0.717) is 11.7 Å². The molecule has 1 N–H and O–H groups in total. The van der Waals surface area contributed by atoms with Gasteiger partial charge in [-0.2, -0.15) is 0 Å². The van der Waals surface area contributed by atoms with Gasteiger partial charge >= 0.3 is 0 Å². The maximum Gasteiger partial charge on any atom is 0.225 e. The predicted molar refractivity (Wildman–Crippen MR) is 85.5 cm³/mol. The minimum Gasteiger partial charge on any atom is -0.494 e. The second kappa shape index (κ2) is 7.59. The largest absolute Gasteiger partial charge is 0.494 e. The fraction of sp³-hybridized carbons (Fsp3) is 0.688. The number of aromatic nitrogens is 2. The molecule has 0 saturated carbocycles. The lowest BCUT2D eigenvalue weighted by Crippen LogP contribution is -2.45. The van der Waals surface area contributed by atoms with Gasteiger partial charge in [-0.1, -0.05) is 0 Å². The van der Waals surface area contributed by atoms with E-state index in [1.165, 1.54) is 0 Å². The maximum atomic E-state index is 12.4. The maximum absolute atomic E-state index is 12.4. The molecule has 3 heterocycles. The number of hydrogen-bond donors (Lipinski definition) is 1. The third kappa shape index (κ3) is 4.10. The quantitative estimate of drug-likeness (QED) is 0.892. The van der Waals surface area contributed by atoms with Crippen molar-refractivity contribution in [3.63, 3.8) is 0 Å². The van der Waals surface area contributed by atoms with Crippen molar-refractivity contribution in [2.45, 2.75) is 31.7 Å². The molecule has 7 nitrogen and oxygen atoms in total. The number of carbonyl (C=O) groups excluding carboxylic acids is 1. The fourth-order valence-electron chi connectivity index (χ4n) is 3.08. The Morgan fingerprint density at radius 2 is 1.87 bits per heavy atom. The van der Waals surface area contributed by atoms with Crippen molar-refractivity contribution < 1.29 is 14.3 Å². The molecule has 0 unspecified atom stereocenters. The van der Waals surface area contributed by atoms with Gasteiger partial charge in [-0.3, -0.25) is 4.79 Å². The number of nitrogens with zero attached hydrogens (tertiary/aromatic N) is 3. The van der Waals surface area contributed by atoms with Crippen LogP contribution in [0.2, 0.25) is 0 Å². The van der Waals surface area contributed by atoms with Crippen LogP contribution in [-0.2, 0) is 9.53 Å². The monoisotopic (exact) mass is 320 g/mol. The average molecular weight is 320 g/mol. The summed E-state index contributed by atoms with van der Waals surface area (Å²) in [5.41, 5.74) is 0. The zero-order valence-electron chi connectivity index (χ0n) is 13.5. The number of anilines is 1. The normalized spacial score (nSPS) is 20.3. The summed E-state index contributed by atoms with van der Waals surface area (Å²) in [5.74, 6) is 1.63. The van der Waals surface area contributed by atoms with Crippen molar-refractivity contribution >= 4 is 11.9 Å². The van der Waals surface area contributed by atoms with Crippen LogP contribution in [0.1, 0.15) is 25.7 Å². The molecule has 2 fully saturated rings. The summed E-state index contributed by atoms with van der Waals surface area (Å²) in [6.45, 7) is 3.10. The molecule has 23 heavy (non-hydrogen) atoms. The number of hydrogen-bond acceptors (Lipinski definition) is 6. The molecule has 2 saturated heterocycles. The molecule has 2 aliphatic heterocycles. The van der Waals surface area contributed by atoms with E-state index in [1.54, 1.807) is 19.5 Å². The van der Waals surface area contributed by atoms with Crippen LogP contribution in [0.4, 0.5) is 5.95 Å². The summed E-state index contributed by atoms with van der Waals surface area (Å²) >= 11 is 0. The van der Waals surface area contributed by atoms with E-state index in [1.807, 2.05) is 0 Å². The molecule has 0 radical (unpaired) electrons. The molecular formula is C16H24N4O3. The first-order chi connectivity index (χ1) is 11.3. The Labute approximate surface area is 136 Å². The Morgan fingerprint density at radius 3 is 2.48 bits per heavy atom. The number of nitrogens with one attached hydrogen (secondary N) is 1. The Bertz CT molecular complexity index is 509. The number of carbonyl (C=O) groups is 1. The Kier molecular flexibility index (Phi) is 5.27. The van der Waals surface area contributed by atoms with Gasteiger partial charge in [-0.15, -0.1) is 0 Å². The number of amides is 1. The van der Waals surface area contributed by atoms with Crippen LogP contribution in [0.15, 0.2) is 12.4 Å². The summed E-state index contributed by atoms with van der Waals surface area (Å²) in [6, 6.07) is 0.277. The molecule has 2 aliphatic rings. The summed E-state index contributed by atoms with van der Waals surface area (Å²) in [4.78, 5) is 23.1. The van der Waals surface area contributed by atoms with Crippen LogP contribution >= 0.6 is 0 Å². The molecule has 1 aromatic heterocycles. The highest BCUT2D eigenvalue weighted by Crippen LogP contribution is 2.22. The van der Waals surface area contributed by atoms with E-state index in [9.17, 15) is 4.79 Å². The molecule has 3 rings (SSSR count). The topological polar surface area (TPSA) is 76.6 Å². The van der Waals surface area contributed by atoms with Crippen molar-refractivity contribution in [2.24, 2.45) is 5.92 Å².